The lowest BCUT2D eigenvalue weighted by atomic mass is 10.3. The molecule has 0 aromatic rings. The first-order valence-corrected chi connectivity index (χ1v) is 7.08. The Morgan fingerprint density at radius 1 is 1.40 bits per heavy atom. The SMILES string of the molecule is CN(C)CC(O)CNCCCS(C)(=O)=O. The fourth-order valence-corrected chi connectivity index (χ4v) is 1.88. The molecule has 1 atom stereocenters. The van der Waals surface area contributed by atoms with Crippen LogP contribution in [0.15, 0.2) is 0 Å². The van der Waals surface area contributed by atoms with E-state index in [-0.39, 0.29) is 5.75 Å². The molecule has 15 heavy (non-hydrogen) atoms. The van der Waals surface area contributed by atoms with E-state index >= 15 is 0 Å². The Bertz CT molecular complexity index is 252. The quantitative estimate of drug-likeness (QED) is 0.527. The number of nitrogens with zero attached hydrogens (tertiary/aromatic N) is 1. The summed E-state index contributed by atoms with van der Waals surface area (Å²) in [7, 11) is 0.937. The molecule has 0 aliphatic heterocycles. The second kappa shape index (κ2) is 7.16. The van der Waals surface area contributed by atoms with E-state index in [1.165, 1.54) is 6.26 Å². The van der Waals surface area contributed by atoms with Crippen molar-refractivity contribution >= 4 is 9.84 Å². The van der Waals surface area contributed by atoms with Crippen LogP contribution >= 0.6 is 0 Å². The third-order valence-corrected chi connectivity index (χ3v) is 2.85. The minimum Gasteiger partial charge on any atom is -0.390 e. The zero-order valence-corrected chi connectivity index (χ0v) is 10.5. The van der Waals surface area contributed by atoms with Crippen LogP contribution in [-0.2, 0) is 9.84 Å². The van der Waals surface area contributed by atoms with Crippen LogP contribution in [-0.4, -0.2) is 70.3 Å². The van der Waals surface area contributed by atoms with Gasteiger partial charge >= 0.3 is 0 Å². The largest absolute Gasteiger partial charge is 0.390 e. The van der Waals surface area contributed by atoms with Crippen molar-refractivity contribution < 1.29 is 13.5 Å². The molecule has 5 nitrogen and oxygen atoms in total. The van der Waals surface area contributed by atoms with Crippen molar-refractivity contribution in [1.29, 1.82) is 0 Å². The normalized spacial score (nSPS) is 14.5. The lowest BCUT2D eigenvalue weighted by Gasteiger charge is -2.16. The average Bonchev–Trinajstić information content (AvgIpc) is 1.99. The highest BCUT2D eigenvalue weighted by molar-refractivity contribution is 7.90. The zero-order chi connectivity index (χ0) is 11.9. The topological polar surface area (TPSA) is 69.6 Å². The van der Waals surface area contributed by atoms with Crippen LogP contribution in [0, 0.1) is 0 Å². The van der Waals surface area contributed by atoms with E-state index in [0.29, 0.717) is 26.1 Å². The first kappa shape index (κ1) is 14.8. The monoisotopic (exact) mass is 238 g/mol. The molecule has 0 radical (unpaired) electrons. The molecule has 0 rings (SSSR count). The van der Waals surface area contributed by atoms with Gasteiger partial charge in [0.25, 0.3) is 0 Å². The molecule has 0 amide bonds. The van der Waals surface area contributed by atoms with Crippen molar-refractivity contribution in [1.82, 2.24) is 10.2 Å². The molecule has 0 aromatic heterocycles. The minimum atomic E-state index is -2.85. The smallest absolute Gasteiger partial charge is 0.147 e. The van der Waals surface area contributed by atoms with Gasteiger partial charge in [-0.05, 0) is 27.1 Å². The Hall–Kier alpha value is -0.170. The van der Waals surface area contributed by atoms with Gasteiger partial charge in [-0.2, -0.15) is 0 Å². The Balaban J connectivity index is 3.39. The van der Waals surface area contributed by atoms with Gasteiger partial charge < -0.3 is 15.3 Å². The van der Waals surface area contributed by atoms with Crippen LogP contribution in [0.5, 0.6) is 0 Å². The third-order valence-electron chi connectivity index (χ3n) is 1.82. The maximum atomic E-state index is 10.8. The second-order valence-corrected chi connectivity index (χ2v) is 6.36. The number of rotatable bonds is 8. The van der Waals surface area contributed by atoms with Gasteiger partial charge in [-0.15, -0.1) is 0 Å². The summed E-state index contributed by atoms with van der Waals surface area (Å²) in [5.41, 5.74) is 0. The molecule has 0 aliphatic rings. The summed E-state index contributed by atoms with van der Waals surface area (Å²) in [5.74, 6) is 0.198. The number of sulfone groups is 1. The molecule has 0 fully saturated rings. The van der Waals surface area contributed by atoms with E-state index in [2.05, 4.69) is 5.32 Å². The van der Waals surface area contributed by atoms with Crippen molar-refractivity contribution in [3.8, 4) is 0 Å². The van der Waals surface area contributed by atoms with Crippen LogP contribution in [0.3, 0.4) is 0 Å². The molecular formula is C9H22N2O3S. The van der Waals surface area contributed by atoms with E-state index in [9.17, 15) is 13.5 Å². The summed E-state index contributed by atoms with van der Waals surface area (Å²) in [6.07, 6.45) is 1.42. The Labute approximate surface area is 92.4 Å². The molecule has 1 unspecified atom stereocenters. The number of nitrogens with one attached hydrogen (secondary N) is 1. The van der Waals surface area contributed by atoms with Gasteiger partial charge in [0, 0.05) is 19.3 Å². The number of hydrogen-bond acceptors (Lipinski definition) is 5. The lowest BCUT2D eigenvalue weighted by molar-refractivity contribution is 0.135. The highest BCUT2D eigenvalue weighted by Gasteiger charge is 2.05. The van der Waals surface area contributed by atoms with Gasteiger partial charge in [0.2, 0.25) is 0 Å². The number of hydrogen-bond donors (Lipinski definition) is 2. The summed E-state index contributed by atoms with van der Waals surface area (Å²) in [6, 6.07) is 0. The number of aliphatic hydroxyl groups is 1. The van der Waals surface area contributed by atoms with Crippen molar-refractivity contribution in [3.63, 3.8) is 0 Å². The highest BCUT2D eigenvalue weighted by atomic mass is 32.2. The fraction of sp³-hybridized carbons (Fsp3) is 1.00. The van der Waals surface area contributed by atoms with Gasteiger partial charge in [-0.3, -0.25) is 0 Å². The first-order valence-electron chi connectivity index (χ1n) is 5.02. The molecule has 0 spiro atoms. The molecule has 0 bridgehead atoms. The van der Waals surface area contributed by atoms with Crippen molar-refractivity contribution in [2.75, 3.05) is 45.7 Å². The van der Waals surface area contributed by atoms with Crippen LogP contribution in [0.4, 0.5) is 0 Å². The molecule has 0 heterocycles. The summed E-state index contributed by atoms with van der Waals surface area (Å²) in [4.78, 5) is 1.91. The predicted octanol–water partition coefficient (Wildman–Crippen LogP) is -1.07. The number of likely N-dealkylation sites (N-methyl/N-ethyl adjacent to an activating group) is 1. The lowest BCUT2D eigenvalue weighted by Crippen LogP contribution is -2.35. The van der Waals surface area contributed by atoms with Gasteiger partial charge in [-0.25, -0.2) is 8.42 Å². The van der Waals surface area contributed by atoms with E-state index < -0.39 is 15.9 Å². The van der Waals surface area contributed by atoms with E-state index in [1.807, 2.05) is 19.0 Å². The first-order chi connectivity index (χ1) is 6.81. The maximum Gasteiger partial charge on any atom is 0.147 e. The second-order valence-electron chi connectivity index (χ2n) is 4.10. The molecular weight excluding hydrogens is 216 g/mol. The molecule has 6 heteroatoms. The van der Waals surface area contributed by atoms with Crippen LogP contribution in [0.25, 0.3) is 0 Å². The maximum absolute atomic E-state index is 10.8. The average molecular weight is 238 g/mol. The van der Waals surface area contributed by atoms with Gasteiger partial charge in [0.1, 0.15) is 9.84 Å². The van der Waals surface area contributed by atoms with Crippen LogP contribution < -0.4 is 5.32 Å². The summed E-state index contributed by atoms with van der Waals surface area (Å²) in [5, 5.41) is 12.5. The van der Waals surface area contributed by atoms with Crippen LogP contribution in [0.2, 0.25) is 0 Å². The van der Waals surface area contributed by atoms with Gasteiger partial charge in [0.05, 0.1) is 11.9 Å². The Kier molecular flexibility index (Phi) is 7.08. The van der Waals surface area contributed by atoms with Crippen molar-refractivity contribution in [2.45, 2.75) is 12.5 Å². The molecule has 92 valence electrons. The summed E-state index contributed by atoms with van der Waals surface area (Å²) < 4.78 is 21.6. The van der Waals surface area contributed by atoms with E-state index in [0.717, 1.165) is 0 Å². The Morgan fingerprint density at radius 2 is 2.00 bits per heavy atom. The number of aliphatic hydroxyl groups excluding tert-OH is 1. The summed E-state index contributed by atoms with van der Waals surface area (Å²) >= 11 is 0. The third kappa shape index (κ3) is 11.8. The van der Waals surface area contributed by atoms with Crippen molar-refractivity contribution in [2.24, 2.45) is 0 Å². The molecule has 0 saturated heterocycles. The predicted molar refractivity (Wildman–Crippen MR) is 61.8 cm³/mol. The molecule has 0 saturated carbocycles. The van der Waals surface area contributed by atoms with Gasteiger partial charge in [0.15, 0.2) is 0 Å². The van der Waals surface area contributed by atoms with Gasteiger partial charge in [-0.1, -0.05) is 0 Å². The molecule has 0 aliphatic carbocycles. The van der Waals surface area contributed by atoms with Crippen molar-refractivity contribution in [3.05, 3.63) is 0 Å². The molecule has 2 N–H and O–H groups in total. The molecule has 0 aromatic carbocycles. The summed E-state index contributed by atoms with van der Waals surface area (Å²) in [6.45, 7) is 1.73. The van der Waals surface area contributed by atoms with E-state index in [4.69, 9.17) is 0 Å². The zero-order valence-electron chi connectivity index (χ0n) is 9.73. The Morgan fingerprint density at radius 3 is 2.47 bits per heavy atom. The van der Waals surface area contributed by atoms with E-state index in [1.54, 1.807) is 0 Å². The van der Waals surface area contributed by atoms with Crippen LogP contribution in [0.1, 0.15) is 6.42 Å². The fourth-order valence-electron chi connectivity index (χ4n) is 1.21. The minimum absolute atomic E-state index is 0.198. The standard InChI is InChI=1S/C9H22N2O3S/c1-11(2)8-9(12)7-10-5-4-6-15(3,13)14/h9-10,12H,4-8H2,1-3H3. The highest BCUT2D eigenvalue weighted by Crippen LogP contribution is 1.88.